The van der Waals surface area contributed by atoms with Gasteiger partial charge in [0.1, 0.15) is 0 Å². The van der Waals surface area contributed by atoms with Gasteiger partial charge in [-0.25, -0.2) is 0 Å². The van der Waals surface area contributed by atoms with Crippen molar-refractivity contribution in [2.75, 3.05) is 13.6 Å². The van der Waals surface area contributed by atoms with Crippen molar-refractivity contribution in [1.29, 1.82) is 0 Å². The third-order valence-electron chi connectivity index (χ3n) is 3.61. The molecule has 0 amide bonds. The standard InChI is InChI=1S/C17H23N3O/c1-4-5-9-20(3)12-16-11-18-19-17(16)15-8-6-7-14(10-15)13(2)21/h6-8,10-11H,4-5,9,12H2,1-3H3,(H,18,19). The number of rotatable bonds is 7. The van der Waals surface area contributed by atoms with Crippen LogP contribution in [0.1, 0.15) is 42.6 Å². The zero-order chi connectivity index (χ0) is 15.2. The molecule has 0 aliphatic heterocycles. The quantitative estimate of drug-likeness (QED) is 0.792. The number of Topliss-reactive ketones (excluding diaryl/α,β-unsaturated/α-hetero) is 1. The van der Waals surface area contributed by atoms with Crippen LogP contribution in [-0.2, 0) is 6.54 Å². The van der Waals surface area contributed by atoms with Gasteiger partial charge in [0.2, 0.25) is 0 Å². The van der Waals surface area contributed by atoms with Crippen molar-refractivity contribution in [3.05, 3.63) is 41.6 Å². The highest BCUT2D eigenvalue weighted by atomic mass is 16.1. The Labute approximate surface area is 126 Å². The third-order valence-corrected chi connectivity index (χ3v) is 3.61. The average molecular weight is 285 g/mol. The molecule has 0 spiro atoms. The molecular weight excluding hydrogens is 262 g/mol. The molecular formula is C17H23N3O. The van der Waals surface area contributed by atoms with Gasteiger partial charge >= 0.3 is 0 Å². The van der Waals surface area contributed by atoms with E-state index in [4.69, 9.17) is 0 Å². The molecule has 0 saturated heterocycles. The lowest BCUT2D eigenvalue weighted by molar-refractivity contribution is 0.101. The fourth-order valence-corrected chi connectivity index (χ4v) is 2.37. The summed E-state index contributed by atoms with van der Waals surface area (Å²) in [6.07, 6.45) is 4.27. The number of hydrogen-bond donors (Lipinski definition) is 1. The second kappa shape index (κ2) is 7.18. The van der Waals surface area contributed by atoms with Gasteiger partial charge in [-0.2, -0.15) is 5.10 Å². The normalized spacial score (nSPS) is 11.0. The number of aromatic nitrogens is 2. The Hall–Kier alpha value is -1.94. The van der Waals surface area contributed by atoms with Crippen LogP contribution >= 0.6 is 0 Å². The summed E-state index contributed by atoms with van der Waals surface area (Å²) in [5.41, 5.74) is 3.90. The van der Waals surface area contributed by atoms with E-state index in [1.54, 1.807) is 6.92 Å². The first-order chi connectivity index (χ1) is 10.1. The van der Waals surface area contributed by atoms with Crippen LogP contribution in [0.3, 0.4) is 0 Å². The first-order valence-corrected chi connectivity index (χ1v) is 7.44. The van der Waals surface area contributed by atoms with Crippen LogP contribution in [0.5, 0.6) is 0 Å². The van der Waals surface area contributed by atoms with Crippen LogP contribution in [0.15, 0.2) is 30.5 Å². The predicted molar refractivity (Wildman–Crippen MR) is 85.3 cm³/mol. The first kappa shape index (κ1) is 15.4. The largest absolute Gasteiger partial charge is 0.302 e. The minimum Gasteiger partial charge on any atom is -0.302 e. The Morgan fingerprint density at radius 2 is 2.19 bits per heavy atom. The van der Waals surface area contributed by atoms with E-state index in [1.165, 1.54) is 12.8 Å². The SMILES string of the molecule is CCCCN(C)Cc1cn[nH]c1-c1cccc(C(C)=O)c1. The van der Waals surface area contributed by atoms with E-state index in [1.807, 2.05) is 30.5 Å². The Balaban J connectivity index is 2.20. The average Bonchev–Trinajstić information content (AvgIpc) is 2.93. The van der Waals surface area contributed by atoms with Crippen molar-refractivity contribution in [2.45, 2.75) is 33.2 Å². The number of unbranched alkanes of at least 4 members (excludes halogenated alkanes) is 1. The van der Waals surface area contributed by atoms with Crippen molar-refractivity contribution in [2.24, 2.45) is 0 Å². The summed E-state index contributed by atoms with van der Waals surface area (Å²) in [6, 6.07) is 7.69. The van der Waals surface area contributed by atoms with E-state index >= 15 is 0 Å². The van der Waals surface area contributed by atoms with Gasteiger partial charge in [0, 0.05) is 23.2 Å². The molecule has 4 nitrogen and oxygen atoms in total. The zero-order valence-corrected chi connectivity index (χ0v) is 13.0. The van der Waals surface area contributed by atoms with Crippen molar-refractivity contribution < 1.29 is 4.79 Å². The second-order valence-corrected chi connectivity index (χ2v) is 5.50. The van der Waals surface area contributed by atoms with Crippen molar-refractivity contribution in [1.82, 2.24) is 15.1 Å². The number of hydrogen-bond acceptors (Lipinski definition) is 3. The third kappa shape index (κ3) is 4.02. The summed E-state index contributed by atoms with van der Waals surface area (Å²) in [5.74, 6) is 0.0815. The Bertz CT molecular complexity index is 604. The number of carbonyl (C=O) groups excluding carboxylic acids is 1. The molecule has 0 aliphatic carbocycles. The van der Waals surface area contributed by atoms with E-state index in [2.05, 4.69) is 29.1 Å². The highest BCUT2D eigenvalue weighted by molar-refractivity contribution is 5.95. The maximum atomic E-state index is 11.5. The minimum absolute atomic E-state index is 0.0815. The second-order valence-electron chi connectivity index (χ2n) is 5.50. The van der Waals surface area contributed by atoms with E-state index in [-0.39, 0.29) is 5.78 Å². The summed E-state index contributed by atoms with van der Waals surface area (Å²) in [5, 5.41) is 7.23. The van der Waals surface area contributed by atoms with Gasteiger partial charge in [0.25, 0.3) is 0 Å². The van der Waals surface area contributed by atoms with Crippen LogP contribution in [0.2, 0.25) is 0 Å². The zero-order valence-electron chi connectivity index (χ0n) is 13.0. The summed E-state index contributed by atoms with van der Waals surface area (Å²) in [6.45, 7) is 5.72. The van der Waals surface area contributed by atoms with Crippen LogP contribution in [0.25, 0.3) is 11.3 Å². The Kier molecular flexibility index (Phi) is 5.28. The first-order valence-electron chi connectivity index (χ1n) is 7.44. The smallest absolute Gasteiger partial charge is 0.159 e. The number of aromatic amines is 1. The van der Waals surface area contributed by atoms with Gasteiger partial charge in [0.05, 0.1) is 11.9 Å². The molecule has 0 atom stereocenters. The molecule has 0 radical (unpaired) electrons. The molecule has 112 valence electrons. The molecule has 4 heteroatoms. The van der Waals surface area contributed by atoms with Crippen LogP contribution in [-0.4, -0.2) is 34.5 Å². The summed E-state index contributed by atoms with van der Waals surface area (Å²) in [7, 11) is 2.12. The lowest BCUT2D eigenvalue weighted by Crippen LogP contribution is -2.19. The molecule has 0 aliphatic rings. The van der Waals surface area contributed by atoms with Crippen molar-refractivity contribution >= 4 is 5.78 Å². The number of benzene rings is 1. The molecule has 1 N–H and O–H groups in total. The van der Waals surface area contributed by atoms with Crippen molar-refractivity contribution in [3.63, 3.8) is 0 Å². The van der Waals surface area contributed by atoms with Gasteiger partial charge in [-0.1, -0.05) is 31.5 Å². The molecule has 2 rings (SSSR count). The monoisotopic (exact) mass is 285 g/mol. The summed E-state index contributed by atoms with van der Waals surface area (Å²) < 4.78 is 0. The van der Waals surface area contributed by atoms with E-state index in [0.717, 1.165) is 35.5 Å². The molecule has 21 heavy (non-hydrogen) atoms. The van der Waals surface area contributed by atoms with Gasteiger partial charge in [-0.15, -0.1) is 0 Å². The van der Waals surface area contributed by atoms with Crippen LogP contribution in [0.4, 0.5) is 0 Å². The number of nitrogens with zero attached hydrogens (tertiary/aromatic N) is 2. The van der Waals surface area contributed by atoms with Gasteiger partial charge < -0.3 is 4.90 Å². The highest BCUT2D eigenvalue weighted by Gasteiger charge is 2.11. The highest BCUT2D eigenvalue weighted by Crippen LogP contribution is 2.23. The summed E-state index contributed by atoms with van der Waals surface area (Å²) in [4.78, 5) is 13.8. The van der Waals surface area contributed by atoms with Gasteiger partial charge in [-0.05, 0) is 33.0 Å². The van der Waals surface area contributed by atoms with Crippen LogP contribution < -0.4 is 0 Å². The number of ketones is 1. The molecule has 1 heterocycles. The maximum absolute atomic E-state index is 11.5. The molecule has 0 saturated carbocycles. The number of carbonyl (C=O) groups is 1. The fourth-order valence-electron chi connectivity index (χ4n) is 2.37. The van der Waals surface area contributed by atoms with E-state index < -0.39 is 0 Å². The van der Waals surface area contributed by atoms with Crippen LogP contribution in [0, 0.1) is 0 Å². The Morgan fingerprint density at radius 1 is 1.38 bits per heavy atom. The fraction of sp³-hybridized carbons (Fsp3) is 0.412. The van der Waals surface area contributed by atoms with E-state index in [0.29, 0.717) is 0 Å². The summed E-state index contributed by atoms with van der Waals surface area (Å²) >= 11 is 0. The molecule has 0 bridgehead atoms. The topological polar surface area (TPSA) is 49.0 Å². The number of H-pyrrole nitrogens is 1. The number of nitrogens with one attached hydrogen (secondary N) is 1. The molecule has 0 fully saturated rings. The van der Waals surface area contributed by atoms with Gasteiger partial charge in [0.15, 0.2) is 5.78 Å². The molecule has 1 aromatic carbocycles. The molecule has 0 unspecified atom stereocenters. The minimum atomic E-state index is 0.0815. The predicted octanol–water partition coefficient (Wildman–Crippen LogP) is 3.51. The van der Waals surface area contributed by atoms with Gasteiger partial charge in [-0.3, -0.25) is 9.89 Å². The maximum Gasteiger partial charge on any atom is 0.159 e. The van der Waals surface area contributed by atoms with E-state index in [9.17, 15) is 4.79 Å². The lowest BCUT2D eigenvalue weighted by atomic mass is 10.0. The molecule has 2 aromatic rings. The molecule has 1 aromatic heterocycles. The van der Waals surface area contributed by atoms with Crippen molar-refractivity contribution in [3.8, 4) is 11.3 Å². The Morgan fingerprint density at radius 3 is 2.90 bits per heavy atom. The lowest BCUT2D eigenvalue weighted by Gasteiger charge is -2.16.